The fourth-order valence-electron chi connectivity index (χ4n) is 6.19. The van der Waals surface area contributed by atoms with Gasteiger partial charge < -0.3 is 39.4 Å². The second-order valence-electron chi connectivity index (χ2n) is 14.8. The molecule has 0 spiro atoms. The van der Waals surface area contributed by atoms with Crippen molar-refractivity contribution in [1.29, 1.82) is 0 Å². The molecule has 4 N–H and O–H groups in total. The molecule has 1 rings (SSSR count). The fourth-order valence-corrected chi connectivity index (χ4v) is 6.19. The Kier molecular flexibility index (Phi) is 33.2. The van der Waals surface area contributed by atoms with Crippen molar-refractivity contribution in [3.63, 3.8) is 0 Å². The first-order valence-electron chi connectivity index (χ1n) is 21.7. The van der Waals surface area contributed by atoms with Crippen LogP contribution in [0.25, 0.3) is 0 Å². The summed E-state index contributed by atoms with van der Waals surface area (Å²) in [6.45, 7) is 3.33. The number of carbonyl (C=O) groups is 2. The van der Waals surface area contributed by atoms with Gasteiger partial charge in [-0.3, -0.25) is 9.59 Å². The molecule has 1 fully saturated rings. The molecule has 0 aliphatic carbocycles. The predicted molar refractivity (Wildman–Crippen MR) is 219 cm³/mol. The van der Waals surface area contributed by atoms with Crippen molar-refractivity contribution >= 4 is 11.9 Å². The molecular formula is C45H78O10. The summed E-state index contributed by atoms with van der Waals surface area (Å²) in [5.74, 6) is -0.842. The number of rotatable bonds is 35. The topological polar surface area (TPSA) is 152 Å². The number of hydrogen-bond donors (Lipinski definition) is 4. The third kappa shape index (κ3) is 27.8. The Balaban J connectivity index is 2.38. The average Bonchev–Trinajstić information content (AvgIpc) is 3.18. The van der Waals surface area contributed by atoms with E-state index in [0.717, 1.165) is 83.5 Å². The zero-order valence-corrected chi connectivity index (χ0v) is 34.4. The maximum absolute atomic E-state index is 12.7. The number of aliphatic hydroxyl groups is 4. The van der Waals surface area contributed by atoms with Crippen molar-refractivity contribution in [1.82, 2.24) is 0 Å². The molecule has 0 bridgehead atoms. The van der Waals surface area contributed by atoms with E-state index in [1.54, 1.807) is 0 Å². The van der Waals surface area contributed by atoms with E-state index in [9.17, 15) is 30.0 Å². The van der Waals surface area contributed by atoms with Crippen LogP contribution in [0.2, 0.25) is 0 Å². The van der Waals surface area contributed by atoms with Crippen LogP contribution < -0.4 is 0 Å². The maximum Gasteiger partial charge on any atom is 0.306 e. The molecule has 6 atom stereocenters. The largest absolute Gasteiger partial charge is 0.462 e. The van der Waals surface area contributed by atoms with Gasteiger partial charge in [-0.2, -0.15) is 0 Å². The van der Waals surface area contributed by atoms with E-state index >= 15 is 0 Å². The van der Waals surface area contributed by atoms with Crippen LogP contribution in [-0.2, 0) is 28.5 Å². The number of allylic oxidation sites excluding steroid dienone is 8. The summed E-state index contributed by atoms with van der Waals surface area (Å²) in [6.07, 6.45) is 33.9. The van der Waals surface area contributed by atoms with Crippen LogP contribution in [0.1, 0.15) is 168 Å². The van der Waals surface area contributed by atoms with Crippen molar-refractivity contribution in [2.24, 2.45) is 0 Å². The minimum atomic E-state index is -1.60. The summed E-state index contributed by atoms with van der Waals surface area (Å²) in [4.78, 5) is 25.3. The highest BCUT2D eigenvalue weighted by atomic mass is 16.7. The quantitative estimate of drug-likeness (QED) is 0.0279. The second kappa shape index (κ2) is 36.0. The van der Waals surface area contributed by atoms with E-state index in [-0.39, 0.29) is 26.1 Å². The van der Waals surface area contributed by atoms with Crippen molar-refractivity contribution in [3.05, 3.63) is 48.6 Å². The first kappa shape index (κ1) is 50.7. The van der Waals surface area contributed by atoms with E-state index in [4.69, 9.17) is 18.9 Å². The lowest BCUT2D eigenvalue weighted by Gasteiger charge is -2.39. The third-order valence-corrected chi connectivity index (χ3v) is 9.69. The number of unbranched alkanes of at least 4 members (excludes halogenated alkanes) is 16. The predicted octanol–water partition coefficient (Wildman–Crippen LogP) is 8.88. The smallest absolute Gasteiger partial charge is 0.306 e. The van der Waals surface area contributed by atoms with Crippen LogP contribution in [0.4, 0.5) is 0 Å². The lowest BCUT2D eigenvalue weighted by Crippen LogP contribution is -2.59. The molecule has 0 saturated carbocycles. The Bertz CT molecular complexity index is 1040. The lowest BCUT2D eigenvalue weighted by molar-refractivity contribution is -0.305. The first-order chi connectivity index (χ1) is 26.8. The average molecular weight is 779 g/mol. The molecule has 10 heteroatoms. The zero-order chi connectivity index (χ0) is 40.2. The van der Waals surface area contributed by atoms with Crippen LogP contribution >= 0.6 is 0 Å². The van der Waals surface area contributed by atoms with Gasteiger partial charge in [-0.05, 0) is 77.0 Å². The Morgan fingerprint density at radius 3 is 1.51 bits per heavy atom. The van der Waals surface area contributed by atoms with Gasteiger partial charge in [0.05, 0.1) is 13.2 Å². The highest BCUT2D eigenvalue weighted by molar-refractivity contribution is 5.70. The van der Waals surface area contributed by atoms with Gasteiger partial charge in [0.15, 0.2) is 12.4 Å². The molecule has 0 aromatic heterocycles. The summed E-state index contributed by atoms with van der Waals surface area (Å²) in [7, 11) is 0. The van der Waals surface area contributed by atoms with E-state index in [1.807, 2.05) is 0 Å². The molecule has 0 aromatic carbocycles. The SMILES string of the molecule is CCCCC/C=C/C/C=C/CCCCCCCC(=O)OC[C@@H](CO[C@H]1O[C@@H](CO)[C@@H](O)C(O)C1O)OC(=O)CCCCCCC/C=C/C/C=C/CCCCC. The molecule has 1 aliphatic heterocycles. The highest BCUT2D eigenvalue weighted by Gasteiger charge is 2.44. The van der Waals surface area contributed by atoms with Crippen LogP contribution in [0.3, 0.4) is 0 Å². The number of carbonyl (C=O) groups excluding carboxylic acids is 2. The Morgan fingerprint density at radius 2 is 1.02 bits per heavy atom. The van der Waals surface area contributed by atoms with Gasteiger partial charge in [0.25, 0.3) is 0 Å². The minimum Gasteiger partial charge on any atom is -0.462 e. The molecule has 1 heterocycles. The summed E-state index contributed by atoms with van der Waals surface area (Å²) < 4.78 is 22.1. The normalized spacial score (nSPS) is 21.0. The second-order valence-corrected chi connectivity index (χ2v) is 14.8. The van der Waals surface area contributed by atoms with Crippen molar-refractivity contribution in [2.45, 2.75) is 205 Å². The molecule has 2 unspecified atom stereocenters. The number of esters is 2. The molecular weight excluding hydrogens is 700 g/mol. The van der Waals surface area contributed by atoms with Crippen LogP contribution in [0.15, 0.2) is 48.6 Å². The highest BCUT2D eigenvalue weighted by Crippen LogP contribution is 2.22. The van der Waals surface area contributed by atoms with E-state index in [1.165, 1.54) is 44.9 Å². The third-order valence-electron chi connectivity index (χ3n) is 9.69. The minimum absolute atomic E-state index is 0.209. The standard InChI is InChI=1S/C45H78O10/c1-3-5-7-9-11-13-15-17-19-21-23-25-27-29-31-33-40(47)52-36-38(37-53-45-44(51)43(50)42(49)39(35-46)55-45)54-41(48)34-32-30-28-26-24-22-20-18-16-14-12-10-8-6-4-2/h11-14,17-20,38-39,42-46,49-51H,3-10,15-16,21-37H2,1-2H3/b13-11+,14-12+,19-17+,20-18+/t38-,39-,42+,43?,44?,45-/m0/s1. The molecule has 55 heavy (non-hydrogen) atoms. The van der Waals surface area contributed by atoms with E-state index in [2.05, 4.69) is 62.5 Å². The molecule has 0 radical (unpaired) electrons. The van der Waals surface area contributed by atoms with Crippen LogP contribution in [0, 0.1) is 0 Å². The van der Waals surface area contributed by atoms with Crippen molar-refractivity contribution < 1.29 is 49.0 Å². The molecule has 1 saturated heterocycles. The van der Waals surface area contributed by atoms with Crippen molar-refractivity contribution in [3.8, 4) is 0 Å². The molecule has 1 aliphatic rings. The lowest BCUT2D eigenvalue weighted by atomic mass is 9.99. The number of hydrogen-bond acceptors (Lipinski definition) is 10. The van der Waals surface area contributed by atoms with Gasteiger partial charge in [-0.15, -0.1) is 0 Å². The van der Waals surface area contributed by atoms with Gasteiger partial charge in [0.2, 0.25) is 0 Å². The number of ether oxygens (including phenoxy) is 4. The Hall–Kier alpha value is -2.34. The van der Waals surface area contributed by atoms with Crippen LogP contribution in [-0.4, -0.2) is 89.0 Å². The van der Waals surface area contributed by atoms with Gasteiger partial charge in [0, 0.05) is 12.8 Å². The summed E-state index contributed by atoms with van der Waals surface area (Å²) in [5, 5.41) is 40.0. The van der Waals surface area contributed by atoms with E-state index in [0.29, 0.717) is 12.8 Å². The first-order valence-corrected chi connectivity index (χ1v) is 21.7. The van der Waals surface area contributed by atoms with Gasteiger partial charge in [-0.1, -0.05) is 127 Å². The van der Waals surface area contributed by atoms with Crippen molar-refractivity contribution in [2.75, 3.05) is 19.8 Å². The fraction of sp³-hybridized carbons (Fsp3) is 0.778. The Labute approximate surface area is 333 Å². The van der Waals surface area contributed by atoms with E-state index < -0.39 is 55.4 Å². The molecule has 0 aromatic rings. The molecule has 10 nitrogen and oxygen atoms in total. The van der Waals surface area contributed by atoms with Crippen LogP contribution in [0.5, 0.6) is 0 Å². The van der Waals surface area contributed by atoms with Gasteiger partial charge >= 0.3 is 11.9 Å². The molecule has 318 valence electrons. The monoisotopic (exact) mass is 779 g/mol. The Morgan fingerprint density at radius 1 is 0.564 bits per heavy atom. The summed E-state index contributed by atoms with van der Waals surface area (Å²) >= 11 is 0. The maximum atomic E-state index is 12.7. The summed E-state index contributed by atoms with van der Waals surface area (Å²) in [5.41, 5.74) is 0. The number of aliphatic hydroxyl groups excluding tert-OH is 4. The van der Waals surface area contributed by atoms with Gasteiger partial charge in [-0.25, -0.2) is 0 Å². The van der Waals surface area contributed by atoms with Gasteiger partial charge in [0.1, 0.15) is 31.0 Å². The summed E-state index contributed by atoms with van der Waals surface area (Å²) in [6, 6.07) is 0. The zero-order valence-electron chi connectivity index (χ0n) is 34.4. The molecule has 0 amide bonds.